The maximum Gasteiger partial charge on any atom is 0.326 e. The van der Waals surface area contributed by atoms with Crippen LogP contribution in [0, 0.1) is 0 Å². The number of carboxylic acids is 1. The van der Waals surface area contributed by atoms with Crippen molar-refractivity contribution in [3.05, 3.63) is 35.5 Å². The minimum Gasteiger partial charge on any atom is -0.480 e. The second-order valence-corrected chi connectivity index (χ2v) is 6.73. The minimum atomic E-state index is -2.82. The van der Waals surface area contributed by atoms with Gasteiger partial charge < -0.3 is 15.4 Å². The predicted molar refractivity (Wildman–Crippen MR) is 86.5 cm³/mol. The van der Waals surface area contributed by atoms with Crippen molar-refractivity contribution in [2.45, 2.75) is 45.1 Å². The highest BCUT2D eigenvalue weighted by molar-refractivity contribution is 5.99. The van der Waals surface area contributed by atoms with Gasteiger partial charge in [-0.2, -0.15) is 0 Å². The van der Waals surface area contributed by atoms with Gasteiger partial charge in [0.1, 0.15) is 11.7 Å². The van der Waals surface area contributed by atoms with Gasteiger partial charge in [0.15, 0.2) is 0 Å². The van der Waals surface area contributed by atoms with E-state index in [0.29, 0.717) is 0 Å². The zero-order valence-corrected chi connectivity index (χ0v) is 13.7. The van der Waals surface area contributed by atoms with Gasteiger partial charge in [0.25, 0.3) is 5.91 Å². The quantitative estimate of drug-likeness (QED) is 0.782. The number of nitrogens with one attached hydrogen (secondary N) is 2. The number of rotatable bonds is 5. The van der Waals surface area contributed by atoms with Gasteiger partial charge in [0.05, 0.1) is 0 Å². The number of hydrogen-bond donors (Lipinski definition) is 3. The van der Waals surface area contributed by atoms with E-state index in [9.17, 15) is 18.4 Å². The average molecular weight is 338 g/mol. The summed E-state index contributed by atoms with van der Waals surface area (Å²) in [6.07, 6.45) is -3.75. The van der Waals surface area contributed by atoms with Crippen molar-refractivity contribution in [1.29, 1.82) is 0 Å². The third kappa shape index (κ3) is 4.10. The van der Waals surface area contributed by atoms with Crippen LogP contribution < -0.4 is 5.32 Å². The number of benzene rings is 1. The number of carboxylic acid groups (broad SMARTS) is 1. The zero-order chi connectivity index (χ0) is 18.1. The Morgan fingerprint density at radius 3 is 2.46 bits per heavy atom. The van der Waals surface area contributed by atoms with Crippen LogP contribution in [-0.4, -0.2) is 34.4 Å². The molecule has 0 aliphatic carbocycles. The van der Waals surface area contributed by atoms with Crippen LogP contribution >= 0.6 is 0 Å². The molecule has 0 bridgehead atoms. The predicted octanol–water partition coefficient (Wildman–Crippen LogP) is 3.30. The lowest BCUT2D eigenvalue weighted by molar-refractivity contribution is -0.140. The third-order valence-electron chi connectivity index (χ3n) is 3.75. The topological polar surface area (TPSA) is 82.2 Å². The van der Waals surface area contributed by atoms with E-state index >= 15 is 0 Å². The summed E-state index contributed by atoms with van der Waals surface area (Å²) in [5.41, 5.74) is 1.88. The van der Waals surface area contributed by atoms with Crippen molar-refractivity contribution in [2.24, 2.45) is 0 Å². The second-order valence-electron chi connectivity index (χ2n) is 6.73. The number of aromatic nitrogens is 1. The second kappa shape index (κ2) is 6.59. The molecule has 0 spiro atoms. The number of fused-ring (bicyclic) bond motifs is 1. The maximum absolute atomic E-state index is 12.4. The Kier molecular flexibility index (Phi) is 4.91. The van der Waals surface area contributed by atoms with Crippen LogP contribution in [0.4, 0.5) is 8.78 Å². The van der Waals surface area contributed by atoms with Gasteiger partial charge in [-0.1, -0.05) is 32.9 Å². The molecule has 5 nitrogen and oxygen atoms in total. The molecule has 0 saturated heterocycles. The summed E-state index contributed by atoms with van der Waals surface area (Å²) in [6, 6.07) is 5.67. The molecule has 1 aromatic heterocycles. The summed E-state index contributed by atoms with van der Waals surface area (Å²) in [6.45, 7) is 6.19. The van der Waals surface area contributed by atoms with Crippen LogP contribution in [0.2, 0.25) is 0 Å². The fraction of sp³-hybridized carbons (Fsp3) is 0.412. The SMILES string of the molecule is CC(C)(C)c1ccc2cc(C(=O)NC(CC(F)F)C(=O)O)[nH]c2c1. The molecule has 2 aromatic rings. The fourth-order valence-corrected chi connectivity index (χ4v) is 2.35. The third-order valence-corrected chi connectivity index (χ3v) is 3.75. The van der Waals surface area contributed by atoms with Crippen molar-refractivity contribution < 1.29 is 23.5 Å². The van der Waals surface area contributed by atoms with Crippen LogP contribution in [0.15, 0.2) is 24.3 Å². The molecule has 0 aliphatic rings. The molecule has 1 heterocycles. The fourth-order valence-electron chi connectivity index (χ4n) is 2.35. The maximum atomic E-state index is 12.4. The highest BCUT2D eigenvalue weighted by Gasteiger charge is 2.25. The van der Waals surface area contributed by atoms with Crippen LogP contribution in [0.25, 0.3) is 10.9 Å². The Labute approximate surface area is 138 Å². The first-order chi connectivity index (χ1) is 11.1. The van der Waals surface area contributed by atoms with Crippen LogP contribution in [-0.2, 0) is 10.2 Å². The van der Waals surface area contributed by atoms with E-state index in [2.05, 4.69) is 31.1 Å². The number of amides is 1. The van der Waals surface area contributed by atoms with E-state index in [-0.39, 0.29) is 11.1 Å². The van der Waals surface area contributed by atoms with E-state index < -0.39 is 30.8 Å². The summed E-state index contributed by atoms with van der Waals surface area (Å²) in [5.74, 6) is -2.22. The largest absolute Gasteiger partial charge is 0.480 e. The molecule has 3 N–H and O–H groups in total. The number of hydrogen-bond acceptors (Lipinski definition) is 2. The lowest BCUT2D eigenvalue weighted by Gasteiger charge is -2.18. The van der Waals surface area contributed by atoms with E-state index in [4.69, 9.17) is 5.11 Å². The molecule has 24 heavy (non-hydrogen) atoms. The first kappa shape index (κ1) is 17.9. The van der Waals surface area contributed by atoms with Gasteiger partial charge in [-0.15, -0.1) is 0 Å². The Balaban J connectivity index is 2.25. The summed E-state index contributed by atoms with van der Waals surface area (Å²) in [5, 5.41) is 11.8. The van der Waals surface area contributed by atoms with Crippen LogP contribution in [0.5, 0.6) is 0 Å². The molecule has 7 heteroatoms. The van der Waals surface area contributed by atoms with Crippen molar-refractivity contribution in [2.75, 3.05) is 0 Å². The van der Waals surface area contributed by atoms with Crippen LogP contribution in [0.3, 0.4) is 0 Å². The Hall–Kier alpha value is -2.44. The number of carbonyl (C=O) groups excluding carboxylic acids is 1. The number of carbonyl (C=O) groups is 2. The monoisotopic (exact) mass is 338 g/mol. The highest BCUT2D eigenvalue weighted by atomic mass is 19.3. The summed E-state index contributed by atoms with van der Waals surface area (Å²) in [4.78, 5) is 26.0. The summed E-state index contributed by atoms with van der Waals surface area (Å²) < 4.78 is 24.8. The molecular formula is C17H20F2N2O3. The first-order valence-corrected chi connectivity index (χ1v) is 7.53. The zero-order valence-electron chi connectivity index (χ0n) is 13.7. The minimum absolute atomic E-state index is 0.0621. The molecule has 130 valence electrons. The Morgan fingerprint density at radius 2 is 1.92 bits per heavy atom. The average Bonchev–Trinajstić information content (AvgIpc) is 2.87. The van der Waals surface area contributed by atoms with Crippen molar-refractivity contribution in [3.8, 4) is 0 Å². The molecular weight excluding hydrogens is 318 g/mol. The molecule has 1 aromatic carbocycles. The van der Waals surface area contributed by atoms with Crippen molar-refractivity contribution in [3.63, 3.8) is 0 Å². The smallest absolute Gasteiger partial charge is 0.326 e. The van der Waals surface area contributed by atoms with Gasteiger partial charge >= 0.3 is 5.97 Å². The number of halogens is 2. The molecule has 2 rings (SSSR count). The van der Waals surface area contributed by atoms with E-state index in [1.165, 1.54) is 0 Å². The molecule has 1 amide bonds. The van der Waals surface area contributed by atoms with E-state index in [1.54, 1.807) is 6.07 Å². The summed E-state index contributed by atoms with van der Waals surface area (Å²) >= 11 is 0. The molecule has 0 saturated carbocycles. The highest BCUT2D eigenvalue weighted by Crippen LogP contribution is 2.26. The molecule has 0 aliphatic heterocycles. The summed E-state index contributed by atoms with van der Waals surface area (Å²) in [7, 11) is 0. The van der Waals surface area contributed by atoms with Gasteiger partial charge in [0, 0.05) is 17.3 Å². The lowest BCUT2D eigenvalue weighted by atomic mass is 9.87. The van der Waals surface area contributed by atoms with Gasteiger partial charge in [0.2, 0.25) is 6.43 Å². The number of aliphatic carboxylic acids is 1. The van der Waals surface area contributed by atoms with Gasteiger partial charge in [-0.3, -0.25) is 4.79 Å². The normalized spacial score (nSPS) is 13.2. The molecule has 0 fully saturated rings. The van der Waals surface area contributed by atoms with Crippen molar-refractivity contribution in [1.82, 2.24) is 10.3 Å². The number of aromatic amines is 1. The molecule has 1 atom stereocenters. The van der Waals surface area contributed by atoms with E-state index in [0.717, 1.165) is 16.5 Å². The standard InChI is InChI=1S/C17H20F2N2O3/c1-17(2,3)10-5-4-9-6-12(20-11(9)7-10)15(22)21-13(16(23)24)8-14(18)19/h4-7,13-14,20H,8H2,1-3H3,(H,21,22)(H,23,24). The molecule has 1 unspecified atom stereocenters. The Bertz CT molecular complexity index is 763. The van der Waals surface area contributed by atoms with E-state index in [1.807, 2.05) is 18.2 Å². The van der Waals surface area contributed by atoms with Crippen LogP contribution in [0.1, 0.15) is 43.2 Å². The van der Waals surface area contributed by atoms with Crippen molar-refractivity contribution >= 4 is 22.8 Å². The van der Waals surface area contributed by atoms with Gasteiger partial charge in [-0.05, 0) is 23.1 Å². The first-order valence-electron chi connectivity index (χ1n) is 7.53. The number of alkyl halides is 2. The van der Waals surface area contributed by atoms with Gasteiger partial charge in [-0.25, -0.2) is 13.6 Å². The molecule has 0 radical (unpaired) electrons. The number of H-pyrrole nitrogens is 1. The Morgan fingerprint density at radius 1 is 1.25 bits per heavy atom. The lowest BCUT2D eigenvalue weighted by Crippen LogP contribution is -2.42.